The SMILES string of the molecule is Cc1cccc(C)c1C(Cl)c1cnn(-c2ccccc2)c1. The predicted octanol–water partition coefficient (Wildman–Crippen LogP) is 4.82. The van der Waals surface area contributed by atoms with E-state index in [2.05, 4.69) is 37.1 Å². The molecule has 0 saturated heterocycles. The van der Waals surface area contributed by atoms with E-state index in [9.17, 15) is 0 Å². The maximum atomic E-state index is 6.69. The highest BCUT2D eigenvalue weighted by atomic mass is 35.5. The predicted molar refractivity (Wildman–Crippen MR) is 87.2 cm³/mol. The van der Waals surface area contributed by atoms with Gasteiger partial charge in [0.2, 0.25) is 0 Å². The second-order valence-corrected chi connectivity index (χ2v) is 5.66. The van der Waals surface area contributed by atoms with Crippen molar-refractivity contribution in [2.45, 2.75) is 19.2 Å². The first kappa shape index (κ1) is 13.9. The third-order valence-corrected chi connectivity index (χ3v) is 4.18. The average molecular weight is 297 g/mol. The third kappa shape index (κ3) is 2.72. The summed E-state index contributed by atoms with van der Waals surface area (Å²) in [4.78, 5) is 0. The van der Waals surface area contributed by atoms with Crippen molar-refractivity contribution in [1.82, 2.24) is 9.78 Å². The lowest BCUT2D eigenvalue weighted by molar-refractivity contribution is 0.880. The summed E-state index contributed by atoms with van der Waals surface area (Å²) in [7, 11) is 0. The van der Waals surface area contributed by atoms with Crippen molar-refractivity contribution in [3.8, 4) is 5.69 Å². The van der Waals surface area contributed by atoms with Gasteiger partial charge in [-0.05, 0) is 42.7 Å². The van der Waals surface area contributed by atoms with Gasteiger partial charge in [0.1, 0.15) is 0 Å². The summed E-state index contributed by atoms with van der Waals surface area (Å²) in [5, 5.41) is 4.25. The van der Waals surface area contributed by atoms with Crippen molar-refractivity contribution in [3.05, 3.63) is 83.2 Å². The van der Waals surface area contributed by atoms with Crippen LogP contribution in [0.15, 0.2) is 60.9 Å². The number of hydrogen-bond acceptors (Lipinski definition) is 1. The van der Waals surface area contributed by atoms with Crippen LogP contribution in [-0.2, 0) is 0 Å². The first-order chi connectivity index (χ1) is 10.2. The van der Waals surface area contributed by atoms with E-state index in [1.54, 1.807) is 0 Å². The number of rotatable bonds is 3. The lowest BCUT2D eigenvalue weighted by Crippen LogP contribution is -1.98. The van der Waals surface area contributed by atoms with E-state index in [0.717, 1.165) is 11.3 Å². The zero-order chi connectivity index (χ0) is 14.8. The molecule has 0 fully saturated rings. The molecule has 1 unspecified atom stereocenters. The van der Waals surface area contributed by atoms with Gasteiger partial charge in [-0.25, -0.2) is 4.68 Å². The molecule has 0 spiro atoms. The lowest BCUT2D eigenvalue weighted by atomic mass is 9.97. The first-order valence-electron chi connectivity index (χ1n) is 6.97. The smallest absolute Gasteiger partial charge is 0.0871 e. The fraction of sp³-hybridized carbons (Fsp3) is 0.167. The van der Waals surface area contributed by atoms with Crippen molar-refractivity contribution in [3.63, 3.8) is 0 Å². The number of nitrogens with zero attached hydrogens (tertiary/aromatic N) is 2. The van der Waals surface area contributed by atoms with Gasteiger partial charge in [0.25, 0.3) is 0 Å². The molecule has 3 rings (SSSR count). The standard InChI is InChI=1S/C18H17ClN2/c1-13-7-6-8-14(2)17(13)18(19)15-11-20-21(12-15)16-9-4-3-5-10-16/h3-12,18H,1-2H3. The third-order valence-electron chi connectivity index (χ3n) is 3.71. The zero-order valence-electron chi connectivity index (χ0n) is 12.1. The van der Waals surface area contributed by atoms with Crippen molar-refractivity contribution < 1.29 is 0 Å². The summed E-state index contributed by atoms with van der Waals surface area (Å²) in [6.07, 6.45) is 3.84. The molecule has 1 heterocycles. The Morgan fingerprint density at radius 1 is 0.952 bits per heavy atom. The molecule has 2 nitrogen and oxygen atoms in total. The van der Waals surface area contributed by atoms with Gasteiger partial charge in [0, 0.05) is 11.8 Å². The number of halogens is 1. The Hall–Kier alpha value is -2.06. The highest BCUT2D eigenvalue weighted by Crippen LogP contribution is 2.33. The van der Waals surface area contributed by atoms with E-state index in [4.69, 9.17) is 11.6 Å². The summed E-state index contributed by atoms with van der Waals surface area (Å²) in [5.41, 5.74) is 5.64. The van der Waals surface area contributed by atoms with Crippen LogP contribution in [0.4, 0.5) is 0 Å². The first-order valence-corrected chi connectivity index (χ1v) is 7.40. The summed E-state index contributed by atoms with van der Waals surface area (Å²) >= 11 is 6.69. The van der Waals surface area contributed by atoms with Crippen LogP contribution >= 0.6 is 11.6 Å². The normalized spacial score (nSPS) is 12.3. The Morgan fingerprint density at radius 3 is 2.29 bits per heavy atom. The topological polar surface area (TPSA) is 17.8 Å². The van der Waals surface area contributed by atoms with Gasteiger partial charge in [-0.1, -0.05) is 36.4 Å². The Kier molecular flexibility index (Phi) is 3.80. The lowest BCUT2D eigenvalue weighted by Gasteiger charge is -2.14. The van der Waals surface area contributed by atoms with Crippen LogP contribution in [0.3, 0.4) is 0 Å². The minimum Gasteiger partial charge on any atom is -0.241 e. The van der Waals surface area contributed by atoms with Gasteiger partial charge in [0.15, 0.2) is 0 Å². The van der Waals surface area contributed by atoms with E-state index in [1.165, 1.54) is 16.7 Å². The van der Waals surface area contributed by atoms with Crippen LogP contribution in [0.1, 0.15) is 27.6 Å². The summed E-state index contributed by atoms with van der Waals surface area (Å²) in [6, 6.07) is 16.3. The maximum Gasteiger partial charge on any atom is 0.0871 e. The maximum absolute atomic E-state index is 6.69. The van der Waals surface area contributed by atoms with E-state index >= 15 is 0 Å². The molecule has 3 aromatic rings. The second-order valence-electron chi connectivity index (χ2n) is 5.22. The van der Waals surface area contributed by atoms with Gasteiger partial charge < -0.3 is 0 Å². The van der Waals surface area contributed by atoms with Crippen LogP contribution in [0.25, 0.3) is 5.69 Å². The van der Waals surface area contributed by atoms with Crippen LogP contribution < -0.4 is 0 Å². The molecule has 1 atom stereocenters. The molecule has 0 amide bonds. The number of alkyl halides is 1. The molecule has 0 aliphatic rings. The molecule has 0 aliphatic heterocycles. The molecule has 3 heteroatoms. The van der Waals surface area contributed by atoms with Gasteiger partial charge in [-0.3, -0.25) is 0 Å². The van der Waals surface area contributed by atoms with Crippen LogP contribution in [0, 0.1) is 13.8 Å². The average Bonchev–Trinajstić information content (AvgIpc) is 2.97. The van der Waals surface area contributed by atoms with Crippen molar-refractivity contribution in [2.24, 2.45) is 0 Å². The fourth-order valence-electron chi connectivity index (χ4n) is 2.58. The van der Waals surface area contributed by atoms with Crippen molar-refractivity contribution >= 4 is 11.6 Å². The number of hydrogen-bond donors (Lipinski definition) is 0. The Morgan fingerprint density at radius 2 is 1.62 bits per heavy atom. The molecular weight excluding hydrogens is 280 g/mol. The highest BCUT2D eigenvalue weighted by Gasteiger charge is 2.17. The molecule has 0 radical (unpaired) electrons. The van der Waals surface area contributed by atoms with E-state index in [-0.39, 0.29) is 5.38 Å². The summed E-state index contributed by atoms with van der Waals surface area (Å²) < 4.78 is 1.86. The quantitative estimate of drug-likeness (QED) is 0.634. The zero-order valence-corrected chi connectivity index (χ0v) is 12.9. The Bertz CT molecular complexity index is 727. The Labute approximate surface area is 130 Å². The Balaban J connectivity index is 1.97. The van der Waals surface area contributed by atoms with Crippen molar-refractivity contribution in [1.29, 1.82) is 0 Å². The monoisotopic (exact) mass is 296 g/mol. The van der Waals surface area contributed by atoms with E-state index < -0.39 is 0 Å². The molecule has 2 aromatic carbocycles. The number of aromatic nitrogens is 2. The van der Waals surface area contributed by atoms with Crippen molar-refractivity contribution in [2.75, 3.05) is 0 Å². The van der Waals surface area contributed by atoms with Crippen LogP contribution in [0.5, 0.6) is 0 Å². The van der Waals surface area contributed by atoms with E-state index in [1.807, 2.05) is 47.4 Å². The van der Waals surface area contributed by atoms with Gasteiger partial charge in [-0.15, -0.1) is 11.6 Å². The minimum atomic E-state index is -0.177. The van der Waals surface area contributed by atoms with Crippen LogP contribution in [-0.4, -0.2) is 9.78 Å². The second kappa shape index (κ2) is 5.74. The molecule has 1 aromatic heterocycles. The van der Waals surface area contributed by atoms with Gasteiger partial charge in [0.05, 0.1) is 17.3 Å². The van der Waals surface area contributed by atoms with Gasteiger partial charge >= 0.3 is 0 Å². The fourth-order valence-corrected chi connectivity index (χ4v) is 3.04. The largest absolute Gasteiger partial charge is 0.241 e. The molecule has 0 aliphatic carbocycles. The van der Waals surface area contributed by atoms with Gasteiger partial charge in [-0.2, -0.15) is 5.10 Å². The minimum absolute atomic E-state index is 0.177. The molecule has 0 saturated carbocycles. The van der Waals surface area contributed by atoms with Crippen LogP contribution in [0.2, 0.25) is 0 Å². The molecular formula is C18H17ClN2. The molecule has 0 N–H and O–H groups in total. The van der Waals surface area contributed by atoms with E-state index in [0.29, 0.717) is 0 Å². The number of aryl methyl sites for hydroxylation is 2. The summed E-state index contributed by atoms with van der Waals surface area (Å²) in [6.45, 7) is 4.19. The molecule has 0 bridgehead atoms. The number of benzene rings is 2. The molecule has 106 valence electrons. The highest BCUT2D eigenvalue weighted by molar-refractivity contribution is 6.22. The number of para-hydroxylation sites is 1. The molecule has 21 heavy (non-hydrogen) atoms. The summed E-state index contributed by atoms with van der Waals surface area (Å²) in [5.74, 6) is 0.